The molecule has 0 saturated carbocycles. The van der Waals surface area contributed by atoms with Gasteiger partial charge in [0.1, 0.15) is 16.5 Å². The maximum atomic E-state index is 13.6. The molecule has 0 aliphatic heterocycles. The molecule has 0 spiro atoms. The van der Waals surface area contributed by atoms with Gasteiger partial charge in [-0.1, -0.05) is 12.1 Å². The van der Waals surface area contributed by atoms with Gasteiger partial charge in [0, 0.05) is 11.3 Å². The van der Waals surface area contributed by atoms with Crippen molar-refractivity contribution in [2.24, 2.45) is 0 Å². The summed E-state index contributed by atoms with van der Waals surface area (Å²) in [4.78, 5) is -1.22. The summed E-state index contributed by atoms with van der Waals surface area (Å²) in [6.07, 6.45) is 0. The van der Waals surface area contributed by atoms with Crippen LogP contribution < -0.4 is 5.73 Å². The van der Waals surface area contributed by atoms with Crippen LogP contribution in [0.3, 0.4) is 0 Å². The van der Waals surface area contributed by atoms with Gasteiger partial charge in [-0.3, -0.25) is 0 Å². The van der Waals surface area contributed by atoms with E-state index in [2.05, 4.69) is 0 Å². The lowest BCUT2D eigenvalue weighted by atomic mass is 10.2. The van der Waals surface area contributed by atoms with Crippen LogP contribution in [-0.4, -0.2) is 8.42 Å². The maximum absolute atomic E-state index is 13.6. The number of hydrogen-bond donors (Lipinski definition) is 1. The third kappa shape index (κ3) is 2.99. The molecule has 0 unspecified atom stereocenters. The van der Waals surface area contributed by atoms with Gasteiger partial charge in [-0.2, -0.15) is 0 Å². The molecule has 0 heterocycles. The van der Waals surface area contributed by atoms with Crippen molar-refractivity contribution in [2.45, 2.75) is 10.6 Å². The van der Waals surface area contributed by atoms with Crippen LogP contribution >= 0.6 is 0 Å². The molecule has 0 radical (unpaired) electrons. The molecule has 21 heavy (non-hydrogen) atoms. The Labute approximate surface area is 117 Å². The molecule has 2 rings (SSSR count). The summed E-state index contributed by atoms with van der Waals surface area (Å²) in [5.74, 6) is -6.47. The Balaban J connectivity index is 2.51. The normalized spacial score (nSPS) is 11.6. The Kier molecular flexibility index (Phi) is 3.91. The van der Waals surface area contributed by atoms with Gasteiger partial charge >= 0.3 is 0 Å². The Morgan fingerprint density at radius 1 is 0.952 bits per heavy atom. The molecule has 2 aromatic rings. The van der Waals surface area contributed by atoms with E-state index >= 15 is 0 Å². The number of hydrogen-bond acceptors (Lipinski definition) is 3. The molecular formula is C13H9F4NO2S. The van der Waals surface area contributed by atoms with E-state index in [1.807, 2.05) is 0 Å². The number of anilines is 1. The van der Waals surface area contributed by atoms with Gasteiger partial charge in [-0.25, -0.2) is 26.0 Å². The number of nitrogens with two attached hydrogens (primary N) is 1. The number of benzene rings is 2. The molecule has 0 aliphatic rings. The highest BCUT2D eigenvalue weighted by atomic mass is 32.2. The number of halogens is 4. The topological polar surface area (TPSA) is 60.2 Å². The van der Waals surface area contributed by atoms with Gasteiger partial charge in [-0.05, 0) is 18.2 Å². The van der Waals surface area contributed by atoms with E-state index in [9.17, 15) is 26.0 Å². The van der Waals surface area contributed by atoms with Gasteiger partial charge in [0.05, 0.1) is 5.75 Å². The van der Waals surface area contributed by atoms with Crippen molar-refractivity contribution in [3.63, 3.8) is 0 Å². The van der Waals surface area contributed by atoms with Crippen molar-refractivity contribution in [3.8, 4) is 0 Å². The zero-order valence-corrected chi connectivity index (χ0v) is 11.2. The molecule has 3 nitrogen and oxygen atoms in total. The third-order valence-corrected chi connectivity index (χ3v) is 4.41. The fraction of sp³-hybridized carbons (Fsp3) is 0.0769. The summed E-state index contributed by atoms with van der Waals surface area (Å²) in [6.45, 7) is 0. The van der Waals surface area contributed by atoms with Crippen molar-refractivity contribution in [3.05, 3.63) is 59.2 Å². The predicted molar refractivity (Wildman–Crippen MR) is 68.0 cm³/mol. The van der Waals surface area contributed by atoms with E-state index in [4.69, 9.17) is 5.73 Å². The van der Waals surface area contributed by atoms with Crippen LogP contribution in [0.1, 0.15) is 5.56 Å². The fourth-order valence-electron chi connectivity index (χ4n) is 1.81. The lowest BCUT2D eigenvalue weighted by molar-refractivity contribution is 0.499. The molecule has 0 bridgehead atoms. The summed E-state index contributed by atoms with van der Waals surface area (Å²) in [5, 5.41) is 0. The largest absolute Gasteiger partial charge is 0.399 e. The van der Waals surface area contributed by atoms with Crippen LogP contribution in [0, 0.1) is 23.3 Å². The highest BCUT2D eigenvalue weighted by molar-refractivity contribution is 7.90. The van der Waals surface area contributed by atoms with Crippen LogP contribution in [0.15, 0.2) is 35.2 Å². The zero-order chi connectivity index (χ0) is 15.8. The molecule has 8 heteroatoms. The van der Waals surface area contributed by atoms with E-state index < -0.39 is 49.3 Å². The first-order valence-corrected chi connectivity index (χ1v) is 7.28. The van der Waals surface area contributed by atoms with E-state index in [1.165, 1.54) is 0 Å². The van der Waals surface area contributed by atoms with Crippen molar-refractivity contribution < 1.29 is 26.0 Å². The number of nitrogen functional groups attached to an aromatic ring is 1. The van der Waals surface area contributed by atoms with Crippen LogP contribution in [-0.2, 0) is 15.6 Å². The first-order valence-electron chi connectivity index (χ1n) is 5.62. The standard InChI is InChI=1S/C13H9F4NO2S/c14-9-3-1-2-7(12(9)17)6-21(19,20)13-10(15)4-8(18)5-11(13)16/h1-5H,6,18H2. The van der Waals surface area contributed by atoms with Crippen LogP contribution in [0.4, 0.5) is 23.2 Å². The second-order valence-corrected chi connectivity index (χ2v) is 6.21. The lowest BCUT2D eigenvalue weighted by Gasteiger charge is -2.09. The fourth-order valence-corrected chi connectivity index (χ4v) is 3.30. The lowest BCUT2D eigenvalue weighted by Crippen LogP contribution is -2.12. The second-order valence-electron chi connectivity index (χ2n) is 4.29. The van der Waals surface area contributed by atoms with Gasteiger partial charge in [0.2, 0.25) is 0 Å². The Morgan fingerprint density at radius 3 is 2.10 bits per heavy atom. The van der Waals surface area contributed by atoms with Gasteiger partial charge in [-0.15, -0.1) is 0 Å². The first kappa shape index (κ1) is 15.3. The molecule has 0 atom stereocenters. The number of rotatable bonds is 3. The summed E-state index contributed by atoms with van der Waals surface area (Å²) >= 11 is 0. The minimum atomic E-state index is -4.54. The average molecular weight is 319 g/mol. The van der Waals surface area contributed by atoms with Crippen molar-refractivity contribution in [1.29, 1.82) is 0 Å². The van der Waals surface area contributed by atoms with E-state index in [-0.39, 0.29) is 5.69 Å². The highest BCUT2D eigenvalue weighted by Crippen LogP contribution is 2.26. The minimum absolute atomic E-state index is 0.291. The molecule has 0 saturated heterocycles. The SMILES string of the molecule is Nc1cc(F)c(S(=O)(=O)Cc2cccc(F)c2F)c(F)c1. The zero-order valence-electron chi connectivity index (χ0n) is 10.4. The predicted octanol–water partition coefficient (Wildman–Crippen LogP) is 2.80. The van der Waals surface area contributed by atoms with Gasteiger partial charge < -0.3 is 5.73 Å². The maximum Gasteiger partial charge on any atom is 0.188 e. The van der Waals surface area contributed by atoms with E-state index in [1.54, 1.807) is 0 Å². The summed E-state index contributed by atoms with van der Waals surface area (Å²) in [7, 11) is -4.54. The minimum Gasteiger partial charge on any atom is -0.399 e. The third-order valence-electron chi connectivity index (χ3n) is 2.71. The van der Waals surface area contributed by atoms with Crippen molar-refractivity contribution >= 4 is 15.5 Å². The van der Waals surface area contributed by atoms with Crippen molar-refractivity contribution in [2.75, 3.05) is 5.73 Å². The van der Waals surface area contributed by atoms with Gasteiger partial charge in [0.25, 0.3) is 0 Å². The smallest absolute Gasteiger partial charge is 0.188 e. The van der Waals surface area contributed by atoms with Crippen LogP contribution in [0.2, 0.25) is 0 Å². The van der Waals surface area contributed by atoms with Crippen molar-refractivity contribution in [1.82, 2.24) is 0 Å². The molecule has 112 valence electrons. The quantitative estimate of drug-likeness (QED) is 0.699. The Morgan fingerprint density at radius 2 is 1.52 bits per heavy atom. The molecule has 2 aromatic carbocycles. The van der Waals surface area contributed by atoms with Gasteiger partial charge in [0.15, 0.2) is 21.5 Å². The second kappa shape index (κ2) is 5.36. The molecule has 0 aromatic heterocycles. The average Bonchev–Trinajstić information content (AvgIpc) is 2.33. The first-order chi connectivity index (χ1) is 9.72. The van der Waals surface area contributed by atoms with Crippen LogP contribution in [0.5, 0.6) is 0 Å². The molecular weight excluding hydrogens is 310 g/mol. The molecule has 0 fully saturated rings. The summed E-state index contributed by atoms with van der Waals surface area (Å²) in [6, 6.07) is 4.19. The summed E-state index contributed by atoms with van der Waals surface area (Å²) < 4.78 is 77.8. The number of sulfone groups is 1. The monoisotopic (exact) mass is 319 g/mol. The molecule has 0 aliphatic carbocycles. The Hall–Kier alpha value is -2.09. The van der Waals surface area contributed by atoms with Crippen LogP contribution in [0.25, 0.3) is 0 Å². The molecule has 2 N–H and O–H groups in total. The summed E-state index contributed by atoms with van der Waals surface area (Å²) in [5.41, 5.74) is 4.37. The highest BCUT2D eigenvalue weighted by Gasteiger charge is 2.26. The van der Waals surface area contributed by atoms with E-state index in [0.29, 0.717) is 12.1 Å². The van der Waals surface area contributed by atoms with E-state index in [0.717, 1.165) is 18.2 Å². The molecule has 0 amide bonds. The Bertz CT molecular complexity index is 783.